The highest BCUT2D eigenvalue weighted by atomic mass is 16.1. The molecule has 0 spiro atoms. The Morgan fingerprint density at radius 2 is 1.27 bits per heavy atom. The van der Waals surface area contributed by atoms with Crippen LogP contribution in [0.5, 0.6) is 0 Å². The fraction of sp³-hybridized carbons (Fsp3) is 0.889. The molecule has 68 valence electrons. The second-order valence-electron chi connectivity index (χ2n) is 3.73. The van der Waals surface area contributed by atoms with E-state index in [-0.39, 0.29) is 5.48 Å². The minimum Gasteiger partial charge on any atom is -0.412 e. The van der Waals surface area contributed by atoms with Crippen LogP contribution < -0.4 is 0 Å². The highest BCUT2D eigenvalue weighted by Crippen LogP contribution is 2.07. The summed E-state index contributed by atoms with van der Waals surface area (Å²) in [6, 6.07) is 0. The average molecular weight is 160 g/mol. The van der Waals surface area contributed by atoms with Crippen molar-refractivity contribution >= 4 is 5.78 Å². The summed E-state index contributed by atoms with van der Waals surface area (Å²) >= 11 is 0. The molecule has 0 radical (unpaired) electrons. The zero-order valence-corrected chi connectivity index (χ0v) is 7.98. The van der Waals surface area contributed by atoms with Crippen molar-refractivity contribution in [3.05, 3.63) is 0 Å². The third kappa shape index (κ3) is 9.63. The van der Waals surface area contributed by atoms with E-state index in [4.69, 9.17) is 0 Å². The Morgan fingerprint density at radius 1 is 1.00 bits per heavy atom. The Balaban J connectivity index is 0. The number of hydrogen-bond acceptors (Lipinski definition) is 1. The molecule has 0 aliphatic heterocycles. The number of carbonyl (C=O) groups excluding carboxylic acids is 1. The van der Waals surface area contributed by atoms with E-state index in [1.165, 1.54) is 0 Å². The van der Waals surface area contributed by atoms with Crippen LogP contribution in [0.25, 0.3) is 0 Å². The second-order valence-corrected chi connectivity index (χ2v) is 3.73. The Hall–Kier alpha value is -0.370. The van der Waals surface area contributed by atoms with Gasteiger partial charge in [-0.05, 0) is 11.8 Å². The lowest BCUT2D eigenvalue weighted by Gasteiger charge is -2.05. The summed E-state index contributed by atoms with van der Waals surface area (Å²) in [5, 5.41) is 0. The van der Waals surface area contributed by atoms with Gasteiger partial charge in [0.05, 0.1) is 0 Å². The Kier molecular flexibility index (Phi) is 7.64. The molecule has 2 heteroatoms. The maximum Gasteiger partial charge on any atom is 0.133 e. The van der Waals surface area contributed by atoms with Crippen molar-refractivity contribution in [3.63, 3.8) is 0 Å². The third-order valence-electron chi connectivity index (χ3n) is 1.27. The van der Waals surface area contributed by atoms with Gasteiger partial charge in [-0.15, -0.1) is 0 Å². The molecule has 2 nitrogen and oxygen atoms in total. The summed E-state index contributed by atoms with van der Waals surface area (Å²) < 4.78 is 0. The smallest absolute Gasteiger partial charge is 0.133 e. The minimum atomic E-state index is 0. The molecular weight excluding hydrogens is 140 g/mol. The van der Waals surface area contributed by atoms with Crippen LogP contribution in [0.1, 0.15) is 40.5 Å². The third-order valence-corrected chi connectivity index (χ3v) is 1.27. The Labute approximate surface area is 69.3 Å². The van der Waals surface area contributed by atoms with Crippen molar-refractivity contribution in [1.82, 2.24) is 0 Å². The van der Waals surface area contributed by atoms with Gasteiger partial charge in [0.2, 0.25) is 0 Å². The highest BCUT2D eigenvalue weighted by molar-refractivity contribution is 5.78. The predicted molar refractivity (Wildman–Crippen MR) is 47.5 cm³/mol. The summed E-state index contributed by atoms with van der Waals surface area (Å²) in [5.41, 5.74) is 0. The number of hydrogen-bond donors (Lipinski definition) is 0. The van der Waals surface area contributed by atoms with Gasteiger partial charge < -0.3 is 5.48 Å². The molecule has 0 aromatic carbocycles. The molecule has 0 aliphatic carbocycles. The predicted octanol–water partition coefficient (Wildman–Crippen LogP) is 1.82. The van der Waals surface area contributed by atoms with Crippen LogP contribution in [0.2, 0.25) is 0 Å². The minimum absolute atomic E-state index is 0. The Morgan fingerprint density at radius 3 is 1.45 bits per heavy atom. The maximum absolute atomic E-state index is 11.1. The number of carbonyl (C=O) groups is 1. The first-order chi connectivity index (χ1) is 4.52. The van der Waals surface area contributed by atoms with Crippen molar-refractivity contribution in [2.75, 3.05) is 0 Å². The van der Waals surface area contributed by atoms with E-state index in [2.05, 4.69) is 27.7 Å². The van der Waals surface area contributed by atoms with E-state index in [9.17, 15) is 4.79 Å². The summed E-state index contributed by atoms with van der Waals surface area (Å²) in [4.78, 5) is 11.1. The van der Waals surface area contributed by atoms with E-state index >= 15 is 0 Å². The molecule has 0 aromatic heterocycles. The molecule has 0 amide bonds. The van der Waals surface area contributed by atoms with Gasteiger partial charge in [-0.2, -0.15) is 0 Å². The summed E-state index contributed by atoms with van der Waals surface area (Å²) in [7, 11) is 0. The van der Waals surface area contributed by atoms with Crippen LogP contribution in [0.3, 0.4) is 0 Å². The zero-order chi connectivity index (χ0) is 8.15. The van der Waals surface area contributed by atoms with Gasteiger partial charge in [0.25, 0.3) is 0 Å². The van der Waals surface area contributed by atoms with Gasteiger partial charge in [-0.25, -0.2) is 0 Å². The van der Waals surface area contributed by atoms with Crippen molar-refractivity contribution < 1.29 is 10.3 Å². The van der Waals surface area contributed by atoms with Crippen LogP contribution in [0, 0.1) is 11.8 Å². The molecule has 0 rings (SSSR count). The highest BCUT2D eigenvalue weighted by Gasteiger charge is 2.06. The van der Waals surface area contributed by atoms with Crippen LogP contribution >= 0.6 is 0 Å². The zero-order valence-electron chi connectivity index (χ0n) is 7.98. The SMILES string of the molecule is CC(C)CC(=O)CC(C)C.O. The second kappa shape index (κ2) is 6.35. The lowest BCUT2D eigenvalue weighted by Crippen LogP contribution is -2.05. The average Bonchev–Trinajstić information content (AvgIpc) is 1.58. The fourth-order valence-electron chi connectivity index (χ4n) is 0.994. The molecule has 0 unspecified atom stereocenters. The number of Topliss-reactive ketones (excluding diaryl/α,β-unsaturated/α-hetero) is 1. The summed E-state index contributed by atoms with van der Waals surface area (Å²) in [5.74, 6) is 1.45. The molecule has 0 aromatic rings. The van der Waals surface area contributed by atoms with E-state index in [1.807, 2.05) is 0 Å². The van der Waals surface area contributed by atoms with Gasteiger partial charge in [-0.1, -0.05) is 27.7 Å². The largest absolute Gasteiger partial charge is 0.412 e. The number of ketones is 1. The summed E-state index contributed by atoms with van der Waals surface area (Å²) in [6.07, 6.45) is 1.50. The molecule has 2 N–H and O–H groups in total. The van der Waals surface area contributed by atoms with Gasteiger partial charge in [-0.3, -0.25) is 4.79 Å². The van der Waals surface area contributed by atoms with Gasteiger partial charge in [0.1, 0.15) is 5.78 Å². The molecule has 0 saturated carbocycles. The van der Waals surface area contributed by atoms with Crippen molar-refractivity contribution in [3.8, 4) is 0 Å². The van der Waals surface area contributed by atoms with Crippen molar-refractivity contribution in [1.29, 1.82) is 0 Å². The van der Waals surface area contributed by atoms with Gasteiger partial charge >= 0.3 is 0 Å². The quantitative estimate of drug-likeness (QED) is 0.618. The van der Waals surface area contributed by atoms with E-state index in [0.29, 0.717) is 17.6 Å². The van der Waals surface area contributed by atoms with Gasteiger partial charge in [0, 0.05) is 12.8 Å². The van der Waals surface area contributed by atoms with E-state index in [0.717, 1.165) is 12.8 Å². The first-order valence-corrected chi connectivity index (χ1v) is 4.04. The number of rotatable bonds is 4. The molecular formula is C9H20O2. The molecule has 0 heterocycles. The lowest BCUT2D eigenvalue weighted by atomic mass is 10.00. The maximum atomic E-state index is 11.1. The van der Waals surface area contributed by atoms with Crippen LogP contribution in [0.15, 0.2) is 0 Å². The van der Waals surface area contributed by atoms with Gasteiger partial charge in [0.15, 0.2) is 0 Å². The molecule has 0 saturated heterocycles. The molecule has 0 atom stereocenters. The van der Waals surface area contributed by atoms with Crippen LogP contribution in [-0.2, 0) is 4.79 Å². The molecule has 0 bridgehead atoms. The fourth-order valence-corrected chi connectivity index (χ4v) is 0.994. The molecule has 0 fully saturated rings. The van der Waals surface area contributed by atoms with Crippen molar-refractivity contribution in [2.24, 2.45) is 11.8 Å². The monoisotopic (exact) mass is 160 g/mol. The summed E-state index contributed by atoms with van der Waals surface area (Å²) in [6.45, 7) is 8.33. The molecule has 11 heavy (non-hydrogen) atoms. The van der Waals surface area contributed by atoms with Crippen LogP contribution in [0.4, 0.5) is 0 Å². The van der Waals surface area contributed by atoms with Crippen molar-refractivity contribution in [2.45, 2.75) is 40.5 Å². The molecule has 0 aliphatic rings. The lowest BCUT2D eigenvalue weighted by molar-refractivity contribution is -0.120. The normalized spacial score (nSPS) is 10.0. The first kappa shape index (κ1) is 13.2. The first-order valence-electron chi connectivity index (χ1n) is 4.04. The topological polar surface area (TPSA) is 48.6 Å². The van der Waals surface area contributed by atoms with E-state index in [1.54, 1.807) is 0 Å². The van der Waals surface area contributed by atoms with Crippen LogP contribution in [-0.4, -0.2) is 11.3 Å². The standard InChI is InChI=1S/C9H18O.H2O/c1-7(2)5-9(10)6-8(3)4;/h7-8H,5-6H2,1-4H3;1H2. The Bertz CT molecular complexity index is 94.1. The van der Waals surface area contributed by atoms with E-state index < -0.39 is 0 Å².